The highest BCUT2D eigenvalue weighted by molar-refractivity contribution is 6.25. The summed E-state index contributed by atoms with van der Waals surface area (Å²) in [5, 5.41) is 6.70. The summed E-state index contributed by atoms with van der Waals surface area (Å²) in [6.45, 7) is 3.56. The molecule has 0 amide bonds. The Morgan fingerprint density at radius 3 is 3.23 bits per heavy atom. The molecule has 0 bridgehead atoms. The SMILES string of the molecule is CC(=CCl)CNCCc1ncno1. The van der Waals surface area contributed by atoms with Gasteiger partial charge in [0.15, 0.2) is 6.33 Å². The Hall–Kier alpha value is -0.870. The van der Waals surface area contributed by atoms with Crippen molar-refractivity contribution in [3.63, 3.8) is 0 Å². The Bertz CT molecular complexity index is 258. The quantitative estimate of drug-likeness (QED) is 0.731. The maximum absolute atomic E-state index is 5.49. The first-order chi connectivity index (χ1) is 6.33. The highest BCUT2D eigenvalue weighted by Crippen LogP contribution is 1.93. The summed E-state index contributed by atoms with van der Waals surface area (Å²) in [5.74, 6) is 0.653. The van der Waals surface area contributed by atoms with E-state index in [9.17, 15) is 0 Å². The fraction of sp³-hybridized carbons (Fsp3) is 0.500. The van der Waals surface area contributed by atoms with Gasteiger partial charge in [0.25, 0.3) is 0 Å². The van der Waals surface area contributed by atoms with E-state index in [1.165, 1.54) is 6.33 Å². The highest BCUT2D eigenvalue weighted by Gasteiger charge is 1.97. The van der Waals surface area contributed by atoms with Crippen LogP contribution in [0.1, 0.15) is 12.8 Å². The van der Waals surface area contributed by atoms with Crippen LogP contribution in [0.3, 0.4) is 0 Å². The van der Waals surface area contributed by atoms with Crippen LogP contribution in [0, 0.1) is 0 Å². The van der Waals surface area contributed by atoms with Crippen LogP contribution < -0.4 is 5.32 Å². The lowest BCUT2D eigenvalue weighted by molar-refractivity contribution is 0.375. The smallest absolute Gasteiger partial charge is 0.227 e. The zero-order valence-corrected chi connectivity index (χ0v) is 8.21. The molecule has 0 spiro atoms. The zero-order valence-electron chi connectivity index (χ0n) is 7.46. The number of aromatic nitrogens is 2. The summed E-state index contributed by atoms with van der Waals surface area (Å²) in [5.41, 5.74) is 2.67. The van der Waals surface area contributed by atoms with E-state index in [1.807, 2.05) is 6.92 Å². The van der Waals surface area contributed by atoms with Crippen LogP contribution in [-0.2, 0) is 6.42 Å². The molecule has 1 aromatic heterocycles. The molecule has 1 N–H and O–H groups in total. The van der Waals surface area contributed by atoms with Gasteiger partial charge in [0.1, 0.15) is 0 Å². The lowest BCUT2D eigenvalue weighted by Crippen LogP contribution is -2.19. The minimum atomic E-state index is 0.653. The second kappa shape index (κ2) is 5.72. The topological polar surface area (TPSA) is 51.0 Å². The summed E-state index contributed by atoms with van der Waals surface area (Å²) < 4.78 is 4.83. The molecular formula is C8H12ClN3O. The van der Waals surface area contributed by atoms with Gasteiger partial charge >= 0.3 is 0 Å². The lowest BCUT2D eigenvalue weighted by atomic mass is 10.3. The minimum absolute atomic E-state index is 0.653. The third kappa shape index (κ3) is 4.05. The molecule has 1 aromatic rings. The van der Waals surface area contributed by atoms with Gasteiger partial charge in [-0.05, 0) is 12.5 Å². The summed E-state index contributed by atoms with van der Waals surface area (Å²) in [6.07, 6.45) is 2.15. The fourth-order valence-corrected chi connectivity index (χ4v) is 0.903. The molecule has 0 unspecified atom stereocenters. The Balaban J connectivity index is 2.08. The van der Waals surface area contributed by atoms with Crippen LogP contribution in [0.5, 0.6) is 0 Å². The number of halogens is 1. The van der Waals surface area contributed by atoms with Crippen molar-refractivity contribution >= 4 is 11.6 Å². The molecule has 0 fully saturated rings. The van der Waals surface area contributed by atoms with Crippen molar-refractivity contribution in [2.75, 3.05) is 13.1 Å². The van der Waals surface area contributed by atoms with Crippen molar-refractivity contribution in [3.8, 4) is 0 Å². The molecule has 1 rings (SSSR count). The number of nitrogens with zero attached hydrogens (tertiary/aromatic N) is 2. The Kier molecular flexibility index (Phi) is 4.49. The van der Waals surface area contributed by atoms with E-state index < -0.39 is 0 Å². The standard InChI is InChI=1S/C8H12ClN3O/c1-7(4-9)5-10-3-2-8-11-6-12-13-8/h4,6,10H,2-3,5H2,1H3. The van der Waals surface area contributed by atoms with Crippen molar-refractivity contribution in [2.24, 2.45) is 0 Å². The molecule has 1 heterocycles. The molecule has 0 aromatic carbocycles. The van der Waals surface area contributed by atoms with Crippen LogP contribution in [-0.4, -0.2) is 23.2 Å². The van der Waals surface area contributed by atoms with E-state index in [-0.39, 0.29) is 0 Å². The first-order valence-electron chi connectivity index (χ1n) is 4.05. The van der Waals surface area contributed by atoms with Gasteiger partial charge in [0.05, 0.1) is 0 Å². The minimum Gasteiger partial charge on any atom is -0.340 e. The molecular weight excluding hydrogens is 190 g/mol. The van der Waals surface area contributed by atoms with Gasteiger partial charge in [-0.3, -0.25) is 0 Å². The van der Waals surface area contributed by atoms with E-state index in [4.69, 9.17) is 16.1 Å². The summed E-state index contributed by atoms with van der Waals surface area (Å²) in [7, 11) is 0. The summed E-state index contributed by atoms with van der Waals surface area (Å²) in [6, 6.07) is 0. The molecule has 0 saturated carbocycles. The predicted octanol–water partition coefficient (Wildman–Crippen LogP) is 1.34. The molecule has 13 heavy (non-hydrogen) atoms. The molecule has 0 aliphatic heterocycles. The third-order valence-corrected chi connectivity index (χ3v) is 1.89. The van der Waals surface area contributed by atoms with Gasteiger partial charge < -0.3 is 9.84 Å². The van der Waals surface area contributed by atoms with Crippen LogP contribution in [0.25, 0.3) is 0 Å². The average molecular weight is 202 g/mol. The maximum atomic E-state index is 5.49. The van der Waals surface area contributed by atoms with Gasteiger partial charge in [-0.15, -0.1) is 0 Å². The van der Waals surface area contributed by atoms with Gasteiger partial charge in [0.2, 0.25) is 5.89 Å². The van der Waals surface area contributed by atoms with Crippen LogP contribution in [0.2, 0.25) is 0 Å². The molecule has 0 radical (unpaired) electrons. The Labute approximate surface area is 82.0 Å². The monoisotopic (exact) mass is 201 g/mol. The molecule has 4 nitrogen and oxygen atoms in total. The van der Waals surface area contributed by atoms with E-state index >= 15 is 0 Å². The van der Waals surface area contributed by atoms with Crippen molar-refractivity contribution in [1.29, 1.82) is 0 Å². The number of hydrogen-bond donors (Lipinski definition) is 1. The van der Waals surface area contributed by atoms with E-state index in [1.54, 1.807) is 5.54 Å². The van der Waals surface area contributed by atoms with E-state index in [2.05, 4.69) is 15.5 Å². The molecule has 0 saturated heterocycles. The molecule has 5 heteroatoms. The number of hydrogen-bond acceptors (Lipinski definition) is 4. The van der Waals surface area contributed by atoms with Crippen molar-refractivity contribution < 1.29 is 4.52 Å². The first-order valence-corrected chi connectivity index (χ1v) is 4.48. The second-order valence-electron chi connectivity index (χ2n) is 2.72. The lowest BCUT2D eigenvalue weighted by Gasteiger charge is -2.01. The Morgan fingerprint density at radius 2 is 2.62 bits per heavy atom. The zero-order chi connectivity index (χ0) is 9.52. The van der Waals surface area contributed by atoms with Gasteiger partial charge in [0, 0.05) is 25.0 Å². The summed E-state index contributed by atoms with van der Waals surface area (Å²) >= 11 is 5.49. The van der Waals surface area contributed by atoms with Crippen molar-refractivity contribution in [2.45, 2.75) is 13.3 Å². The van der Waals surface area contributed by atoms with Crippen molar-refractivity contribution in [3.05, 3.63) is 23.3 Å². The van der Waals surface area contributed by atoms with Crippen LogP contribution >= 0.6 is 11.6 Å². The van der Waals surface area contributed by atoms with Gasteiger partial charge in [-0.2, -0.15) is 4.98 Å². The highest BCUT2D eigenvalue weighted by atomic mass is 35.5. The summed E-state index contributed by atoms with van der Waals surface area (Å²) in [4.78, 5) is 3.89. The van der Waals surface area contributed by atoms with Crippen LogP contribution in [0.15, 0.2) is 22.0 Å². The van der Waals surface area contributed by atoms with Gasteiger partial charge in [-0.1, -0.05) is 16.8 Å². The van der Waals surface area contributed by atoms with E-state index in [0.29, 0.717) is 5.89 Å². The maximum Gasteiger partial charge on any atom is 0.227 e. The predicted molar refractivity (Wildman–Crippen MR) is 50.5 cm³/mol. The average Bonchev–Trinajstić information content (AvgIpc) is 2.64. The van der Waals surface area contributed by atoms with Gasteiger partial charge in [-0.25, -0.2) is 0 Å². The Morgan fingerprint density at radius 1 is 1.77 bits per heavy atom. The van der Waals surface area contributed by atoms with Crippen LogP contribution in [0.4, 0.5) is 0 Å². The first kappa shape index (κ1) is 10.2. The number of rotatable bonds is 5. The largest absolute Gasteiger partial charge is 0.340 e. The number of nitrogens with one attached hydrogen (secondary N) is 1. The van der Waals surface area contributed by atoms with E-state index in [0.717, 1.165) is 25.1 Å². The molecule has 0 aliphatic rings. The molecule has 0 atom stereocenters. The fourth-order valence-electron chi connectivity index (χ4n) is 0.826. The normalized spacial score (nSPS) is 12.0. The third-order valence-electron chi connectivity index (χ3n) is 1.51. The molecule has 72 valence electrons. The molecule has 0 aliphatic carbocycles. The second-order valence-corrected chi connectivity index (χ2v) is 2.94. The van der Waals surface area contributed by atoms with Crippen molar-refractivity contribution in [1.82, 2.24) is 15.5 Å².